The zero-order chi connectivity index (χ0) is 22.1. The van der Waals surface area contributed by atoms with Crippen LogP contribution in [0.25, 0.3) is 11.4 Å². The van der Waals surface area contributed by atoms with Crippen molar-refractivity contribution < 1.29 is 22.3 Å². The van der Waals surface area contributed by atoms with E-state index in [0.29, 0.717) is 5.69 Å². The first-order valence-electron chi connectivity index (χ1n) is 8.52. The fraction of sp³-hybridized carbons (Fsp3) is 0.158. The Kier molecular flexibility index (Phi) is 5.99. The number of methoxy groups -OCH3 is 1. The average molecular weight is 453 g/mol. The van der Waals surface area contributed by atoms with Gasteiger partial charge in [0.1, 0.15) is 11.4 Å². The number of sulfonamides is 1. The molecule has 0 atom stereocenters. The van der Waals surface area contributed by atoms with Gasteiger partial charge in [-0.15, -0.1) is 0 Å². The van der Waals surface area contributed by atoms with Gasteiger partial charge in [0.2, 0.25) is 10.0 Å². The molecule has 158 valence electrons. The van der Waals surface area contributed by atoms with Crippen LogP contribution in [0.3, 0.4) is 0 Å². The number of benzene rings is 1. The molecule has 0 aliphatic carbocycles. The number of aryl methyl sites for hydroxylation is 1. The molecule has 0 fully saturated rings. The molecule has 11 heteroatoms. The number of carbonyl (C=O) groups excluding carboxylic acids is 1. The fourth-order valence-corrected chi connectivity index (χ4v) is 3.56. The molecule has 1 amide bonds. The standard InChI is InChI=1S/C19H18ClFN4O4S/c1-25-10-11(4-17(25)18-16(21)8-15(29-2)9-22-18)19(26)23-13-5-12(20)6-14(7-13)24-30(3,27)28/h4-10,24H,1-3H3,(H,23,26). The summed E-state index contributed by atoms with van der Waals surface area (Å²) in [5, 5.41) is 2.88. The Balaban J connectivity index is 1.86. The van der Waals surface area contributed by atoms with Crippen LogP contribution >= 0.6 is 11.6 Å². The summed E-state index contributed by atoms with van der Waals surface area (Å²) in [5.41, 5.74) is 1.21. The van der Waals surface area contributed by atoms with Crippen molar-refractivity contribution in [2.24, 2.45) is 7.05 Å². The number of hydrogen-bond donors (Lipinski definition) is 2. The first kappa shape index (κ1) is 21.6. The lowest BCUT2D eigenvalue weighted by Crippen LogP contribution is -2.13. The molecule has 3 rings (SSSR count). The summed E-state index contributed by atoms with van der Waals surface area (Å²) in [5.74, 6) is -0.796. The molecule has 0 aliphatic rings. The van der Waals surface area contributed by atoms with Gasteiger partial charge in [-0.1, -0.05) is 11.6 Å². The van der Waals surface area contributed by atoms with E-state index in [2.05, 4.69) is 15.0 Å². The first-order chi connectivity index (χ1) is 14.1. The van der Waals surface area contributed by atoms with Gasteiger partial charge >= 0.3 is 0 Å². The predicted octanol–water partition coefficient (Wildman–Crippen LogP) is 3.51. The van der Waals surface area contributed by atoms with Gasteiger partial charge in [-0.2, -0.15) is 0 Å². The number of halogens is 2. The average Bonchev–Trinajstić information content (AvgIpc) is 3.01. The number of rotatable bonds is 6. The van der Waals surface area contributed by atoms with E-state index in [-0.39, 0.29) is 33.4 Å². The third kappa shape index (κ3) is 5.08. The lowest BCUT2D eigenvalue weighted by molar-refractivity contribution is 0.102. The van der Waals surface area contributed by atoms with Crippen LogP contribution < -0.4 is 14.8 Å². The van der Waals surface area contributed by atoms with Crippen molar-refractivity contribution >= 4 is 38.9 Å². The van der Waals surface area contributed by atoms with E-state index in [1.54, 1.807) is 11.6 Å². The van der Waals surface area contributed by atoms with Gasteiger partial charge in [0.05, 0.1) is 36.5 Å². The van der Waals surface area contributed by atoms with Crippen LogP contribution in [0, 0.1) is 5.82 Å². The minimum Gasteiger partial charge on any atom is -0.495 e. The predicted molar refractivity (Wildman–Crippen MR) is 113 cm³/mol. The van der Waals surface area contributed by atoms with Gasteiger partial charge in [-0.25, -0.2) is 17.8 Å². The fourth-order valence-electron chi connectivity index (χ4n) is 2.78. The van der Waals surface area contributed by atoms with E-state index >= 15 is 0 Å². The summed E-state index contributed by atoms with van der Waals surface area (Å²) in [6, 6.07) is 7.02. The molecule has 0 saturated heterocycles. The normalized spacial score (nSPS) is 11.2. The van der Waals surface area contributed by atoms with Gasteiger partial charge in [0.25, 0.3) is 5.91 Å². The van der Waals surface area contributed by atoms with Gasteiger partial charge in [0, 0.05) is 30.0 Å². The number of hydrogen-bond acceptors (Lipinski definition) is 5. The lowest BCUT2D eigenvalue weighted by Gasteiger charge is -2.09. The highest BCUT2D eigenvalue weighted by molar-refractivity contribution is 7.92. The number of ether oxygens (including phenoxy) is 1. The highest BCUT2D eigenvalue weighted by atomic mass is 35.5. The highest BCUT2D eigenvalue weighted by Crippen LogP contribution is 2.27. The van der Waals surface area contributed by atoms with E-state index in [9.17, 15) is 17.6 Å². The molecule has 8 nitrogen and oxygen atoms in total. The third-order valence-corrected chi connectivity index (χ3v) is 4.85. The zero-order valence-electron chi connectivity index (χ0n) is 16.2. The Morgan fingerprint density at radius 3 is 2.53 bits per heavy atom. The summed E-state index contributed by atoms with van der Waals surface area (Å²) in [6.07, 6.45) is 3.91. The second kappa shape index (κ2) is 8.33. The Morgan fingerprint density at radius 1 is 1.20 bits per heavy atom. The summed E-state index contributed by atoms with van der Waals surface area (Å²) in [4.78, 5) is 16.7. The quantitative estimate of drug-likeness (QED) is 0.595. The number of nitrogens with zero attached hydrogens (tertiary/aromatic N) is 2. The van der Waals surface area contributed by atoms with Crippen molar-refractivity contribution in [3.05, 3.63) is 59.1 Å². The van der Waals surface area contributed by atoms with Crippen LogP contribution in [0.15, 0.2) is 42.7 Å². The van der Waals surface area contributed by atoms with Crippen LogP contribution in [-0.4, -0.2) is 37.2 Å². The number of anilines is 2. The van der Waals surface area contributed by atoms with E-state index < -0.39 is 21.7 Å². The second-order valence-corrected chi connectivity index (χ2v) is 8.67. The summed E-state index contributed by atoms with van der Waals surface area (Å²) < 4.78 is 46.0. The Morgan fingerprint density at radius 2 is 1.90 bits per heavy atom. The Labute approximate surface area is 177 Å². The number of nitrogens with one attached hydrogen (secondary N) is 2. The molecule has 2 heterocycles. The monoisotopic (exact) mass is 452 g/mol. The van der Waals surface area contributed by atoms with Crippen LogP contribution in [0.1, 0.15) is 10.4 Å². The van der Waals surface area contributed by atoms with E-state index in [0.717, 1.165) is 6.26 Å². The third-order valence-electron chi connectivity index (χ3n) is 4.02. The van der Waals surface area contributed by atoms with Crippen molar-refractivity contribution in [1.82, 2.24) is 9.55 Å². The molecular formula is C19H18ClFN4O4S. The molecule has 0 unspecified atom stereocenters. The first-order valence-corrected chi connectivity index (χ1v) is 10.8. The van der Waals surface area contributed by atoms with Crippen molar-refractivity contribution in [3.8, 4) is 17.1 Å². The minimum atomic E-state index is -3.51. The SMILES string of the molecule is COc1cnc(-c2cc(C(=O)Nc3cc(Cl)cc(NS(C)(=O)=O)c3)cn2C)c(F)c1. The summed E-state index contributed by atoms with van der Waals surface area (Å²) >= 11 is 6.01. The summed E-state index contributed by atoms with van der Waals surface area (Å²) in [6.45, 7) is 0. The second-order valence-electron chi connectivity index (χ2n) is 6.49. The van der Waals surface area contributed by atoms with Gasteiger partial charge in [0.15, 0.2) is 5.82 Å². The number of aromatic nitrogens is 2. The molecule has 0 bridgehead atoms. The van der Waals surface area contributed by atoms with E-state index in [1.807, 2.05) is 0 Å². The molecular weight excluding hydrogens is 435 g/mol. The molecule has 0 spiro atoms. The van der Waals surface area contributed by atoms with Gasteiger partial charge in [-0.05, 0) is 24.3 Å². The number of pyridine rings is 1. The molecule has 0 radical (unpaired) electrons. The van der Waals surface area contributed by atoms with Crippen molar-refractivity contribution in [2.75, 3.05) is 23.4 Å². The van der Waals surface area contributed by atoms with Crippen LogP contribution in [0.2, 0.25) is 5.02 Å². The minimum absolute atomic E-state index is 0.0692. The van der Waals surface area contributed by atoms with E-state index in [4.69, 9.17) is 16.3 Å². The zero-order valence-corrected chi connectivity index (χ0v) is 17.8. The molecule has 1 aromatic carbocycles. The number of carbonyl (C=O) groups is 1. The molecule has 0 saturated carbocycles. The molecule has 0 aliphatic heterocycles. The maximum absolute atomic E-state index is 14.4. The lowest BCUT2D eigenvalue weighted by atomic mass is 10.2. The largest absolute Gasteiger partial charge is 0.495 e. The molecule has 3 aromatic rings. The van der Waals surface area contributed by atoms with Crippen LogP contribution in [0.4, 0.5) is 15.8 Å². The Hall–Kier alpha value is -3.11. The van der Waals surface area contributed by atoms with E-state index in [1.165, 1.54) is 49.8 Å². The van der Waals surface area contributed by atoms with Crippen LogP contribution in [-0.2, 0) is 17.1 Å². The Bertz CT molecular complexity index is 1230. The van der Waals surface area contributed by atoms with Crippen molar-refractivity contribution in [1.29, 1.82) is 0 Å². The van der Waals surface area contributed by atoms with Gasteiger partial charge in [-0.3, -0.25) is 9.52 Å². The maximum atomic E-state index is 14.4. The van der Waals surface area contributed by atoms with Crippen molar-refractivity contribution in [3.63, 3.8) is 0 Å². The molecule has 2 aromatic heterocycles. The number of amides is 1. The molecule has 2 N–H and O–H groups in total. The van der Waals surface area contributed by atoms with Gasteiger partial charge < -0.3 is 14.6 Å². The van der Waals surface area contributed by atoms with Crippen LogP contribution in [0.5, 0.6) is 5.75 Å². The smallest absolute Gasteiger partial charge is 0.257 e. The maximum Gasteiger partial charge on any atom is 0.257 e. The topological polar surface area (TPSA) is 102 Å². The highest BCUT2D eigenvalue weighted by Gasteiger charge is 2.17. The van der Waals surface area contributed by atoms with Crippen molar-refractivity contribution in [2.45, 2.75) is 0 Å². The molecule has 30 heavy (non-hydrogen) atoms. The summed E-state index contributed by atoms with van der Waals surface area (Å²) in [7, 11) is -0.441.